The second kappa shape index (κ2) is 3.35. The van der Waals surface area contributed by atoms with Crippen molar-refractivity contribution in [1.29, 1.82) is 0 Å². The number of hydrogen-bond donors (Lipinski definition) is 1. The lowest BCUT2D eigenvalue weighted by molar-refractivity contribution is 0.145. The van der Waals surface area contributed by atoms with Crippen molar-refractivity contribution in [3.63, 3.8) is 0 Å². The summed E-state index contributed by atoms with van der Waals surface area (Å²) in [5, 5.41) is 0. The zero-order valence-electron chi connectivity index (χ0n) is 6.20. The average Bonchev–Trinajstić information content (AvgIpc) is 1.99. The Balaban J connectivity index is 3.31. The Morgan fingerprint density at radius 2 is 2.17 bits per heavy atom. The van der Waals surface area contributed by atoms with E-state index in [0.717, 1.165) is 6.07 Å². The summed E-state index contributed by atoms with van der Waals surface area (Å²) in [6, 6.07) is 0.908. The third-order valence-corrected chi connectivity index (χ3v) is 2.27. The molecule has 5 heteroatoms. The van der Waals surface area contributed by atoms with Crippen molar-refractivity contribution < 1.29 is 8.78 Å². The Hall–Kier alpha value is -0.710. The van der Waals surface area contributed by atoms with Gasteiger partial charge in [-0.15, -0.1) is 0 Å². The number of alkyl halides is 2. The summed E-state index contributed by atoms with van der Waals surface area (Å²) >= 11 is 2.98. The number of aromatic amines is 1. The molecule has 0 saturated carbocycles. The predicted molar refractivity (Wildman–Crippen MR) is 44.5 cm³/mol. The molecule has 0 atom stereocenters. The van der Waals surface area contributed by atoms with Crippen molar-refractivity contribution in [1.82, 2.24) is 4.98 Å². The van der Waals surface area contributed by atoms with E-state index in [1.54, 1.807) is 6.92 Å². The van der Waals surface area contributed by atoms with E-state index >= 15 is 0 Å². The first-order chi connectivity index (χ1) is 5.52. The summed E-state index contributed by atoms with van der Waals surface area (Å²) in [6.45, 7) is 1.55. The summed E-state index contributed by atoms with van der Waals surface area (Å²) < 4.78 is 24.4. The van der Waals surface area contributed by atoms with E-state index in [2.05, 4.69) is 20.9 Å². The molecule has 0 amide bonds. The van der Waals surface area contributed by atoms with Crippen LogP contribution >= 0.6 is 15.9 Å². The Labute approximate surface area is 75.7 Å². The fourth-order valence-corrected chi connectivity index (χ4v) is 1.16. The van der Waals surface area contributed by atoms with Gasteiger partial charge in [-0.1, -0.05) is 0 Å². The maximum Gasteiger partial charge on any atom is 0.278 e. The summed E-state index contributed by atoms with van der Waals surface area (Å²) in [5.41, 5.74) is -0.354. The molecule has 0 aliphatic heterocycles. The molecule has 0 aliphatic carbocycles. The highest BCUT2D eigenvalue weighted by molar-refractivity contribution is 9.10. The maximum atomic E-state index is 12.1. The van der Waals surface area contributed by atoms with Crippen LogP contribution in [0.25, 0.3) is 0 Å². The Kier molecular flexibility index (Phi) is 2.62. The standard InChI is InChI=1S/C7H6BrF2NO/c1-3-5(12)2-4(7(9)10)11-6(3)8/h2,7H,1H3,(H,11,12). The largest absolute Gasteiger partial charge is 0.348 e. The number of aromatic nitrogens is 1. The van der Waals surface area contributed by atoms with Crippen LogP contribution in [0.2, 0.25) is 0 Å². The highest BCUT2D eigenvalue weighted by Gasteiger charge is 2.10. The Morgan fingerprint density at radius 3 is 2.58 bits per heavy atom. The van der Waals surface area contributed by atoms with Gasteiger partial charge in [-0.05, 0) is 22.9 Å². The molecule has 1 rings (SSSR count). The van der Waals surface area contributed by atoms with E-state index in [9.17, 15) is 13.6 Å². The van der Waals surface area contributed by atoms with Crippen LogP contribution in [0.1, 0.15) is 17.7 Å². The minimum absolute atomic E-state index is 0.310. The van der Waals surface area contributed by atoms with E-state index in [1.165, 1.54) is 0 Å². The third kappa shape index (κ3) is 1.72. The first kappa shape index (κ1) is 9.38. The molecule has 1 heterocycles. The number of nitrogens with one attached hydrogen (secondary N) is 1. The zero-order chi connectivity index (χ0) is 9.30. The van der Waals surface area contributed by atoms with Crippen molar-refractivity contribution in [2.45, 2.75) is 13.3 Å². The van der Waals surface area contributed by atoms with Crippen LogP contribution < -0.4 is 5.43 Å². The fourth-order valence-electron chi connectivity index (χ4n) is 0.732. The second-order valence-corrected chi connectivity index (χ2v) is 3.12. The number of hydrogen-bond acceptors (Lipinski definition) is 1. The third-order valence-electron chi connectivity index (χ3n) is 1.47. The van der Waals surface area contributed by atoms with Crippen molar-refractivity contribution in [2.24, 2.45) is 0 Å². The lowest BCUT2D eigenvalue weighted by Gasteiger charge is -2.02. The van der Waals surface area contributed by atoms with E-state index in [-0.39, 0.29) is 5.69 Å². The van der Waals surface area contributed by atoms with Gasteiger partial charge in [0.05, 0.1) is 10.3 Å². The average molecular weight is 238 g/mol. The topological polar surface area (TPSA) is 32.9 Å². The monoisotopic (exact) mass is 237 g/mol. The van der Waals surface area contributed by atoms with Gasteiger partial charge in [0.1, 0.15) is 0 Å². The van der Waals surface area contributed by atoms with Gasteiger partial charge < -0.3 is 4.98 Å². The Morgan fingerprint density at radius 1 is 1.58 bits per heavy atom. The van der Waals surface area contributed by atoms with Gasteiger partial charge in [-0.25, -0.2) is 8.78 Å². The molecule has 0 aromatic carbocycles. The summed E-state index contributed by atoms with van der Waals surface area (Å²) in [4.78, 5) is 13.4. The molecule has 0 aliphatic rings. The summed E-state index contributed by atoms with van der Waals surface area (Å²) in [7, 11) is 0. The van der Waals surface area contributed by atoms with Gasteiger partial charge in [0.2, 0.25) is 0 Å². The van der Waals surface area contributed by atoms with Crippen molar-refractivity contribution in [3.05, 3.63) is 32.2 Å². The van der Waals surface area contributed by atoms with E-state index in [1.807, 2.05) is 0 Å². The molecule has 12 heavy (non-hydrogen) atoms. The maximum absolute atomic E-state index is 12.1. The summed E-state index contributed by atoms with van der Waals surface area (Å²) in [6.07, 6.45) is -2.64. The van der Waals surface area contributed by atoms with Gasteiger partial charge in [0, 0.05) is 11.6 Å². The molecule has 66 valence electrons. The smallest absolute Gasteiger partial charge is 0.278 e. The summed E-state index contributed by atoms with van der Waals surface area (Å²) in [5.74, 6) is 0. The van der Waals surface area contributed by atoms with Crippen molar-refractivity contribution in [2.75, 3.05) is 0 Å². The number of halogens is 3. The van der Waals surface area contributed by atoms with E-state index < -0.39 is 11.9 Å². The van der Waals surface area contributed by atoms with Crippen LogP contribution in [-0.4, -0.2) is 4.98 Å². The molecule has 1 aromatic heterocycles. The number of pyridine rings is 1. The first-order valence-electron chi connectivity index (χ1n) is 3.20. The Bertz CT molecular complexity index is 348. The van der Waals surface area contributed by atoms with E-state index in [0.29, 0.717) is 10.2 Å². The molecule has 0 bridgehead atoms. The van der Waals surface area contributed by atoms with Crippen molar-refractivity contribution >= 4 is 15.9 Å². The van der Waals surface area contributed by atoms with Crippen LogP contribution in [0.3, 0.4) is 0 Å². The van der Waals surface area contributed by atoms with Gasteiger partial charge in [0.15, 0.2) is 5.43 Å². The van der Waals surface area contributed by atoms with Gasteiger partial charge in [0.25, 0.3) is 6.43 Å². The lowest BCUT2D eigenvalue weighted by Crippen LogP contribution is -2.08. The van der Waals surface area contributed by atoms with Crippen LogP contribution in [0.15, 0.2) is 15.5 Å². The fraction of sp³-hybridized carbons (Fsp3) is 0.286. The molecular formula is C7H6BrF2NO. The van der Waals surface area contributed by atoms with Gasteiger partial charge in [-0.3, -0.25) is 4.79 Å². The van der Waals surface area contributed by atoms with Crippen molar-refractivity contribution in [3.8, 4) is 0 Å². The van der Waals surface area contributed by atoms with Crippen LogP contribution in [0.5, 0.6) is 0 Å². The van der Waals surface area contributed by atoms with Crippen LogP contribution in [0, 0.1) is 6.92 Å². The van der Waals surface area contributed by atoms with Crippen LogP contribution in [-0.2, 0) is 0 Å². The minimum Gasteiger partial charge on any atom is -0.348 e. The molecule has 2 nitrogen and oxygen atoms in total. The van der Waals surface area contributed by atoms with Gasteiger partial charge >= 0.3 is 0 Å². The number of H-pyrrole nitrogens is 1. The lowest BCUT2D eigenvalue weighted by atomic mass is 10.2. The molecule has 0 spiro atoms. The van der Waals surface area contributed by atoms with Crippen LogP contribution in [0.4, 0.5) is 8.78 Å². The molecule has 0 saturated heterocycles. The molecule has 0 unspecified atom stereocenters. The molecule has 1 N–H and O–H groups in total. The first-order valence-corrected chi connectivity index (χ1v) is 3.99. The molecular weight excluding hydrogens is 232 g/mol. The quantitative estimate of drug-likeness (QED) is 0.748. The zero-order valence-corrected chi connectivity index (χ0v) is 7.78. The normalized spacial score (nSPS) is 10.8. The number of rotatable bonds is 1. The van der Waals surface area contributed by atoms with Gasteiger partial charge in [-0.2, -0.15) is 0 Å². The molecule has 1 aromatic rings. The highest BCUT2D eigenvalue weighted by atomic mass is 79.9. The van der Waals surface area contributed by atoms with E-state index in [4.69, 9.17) is 0 Å². The molecule has 0 fully saturated rings. The molecule has 0 radical (unpaired) electrons. The predicted octanol–water partition coefficient (Wildman–Crippen LogP) is 2.38. The SMILES string of the molecule is Cc1c(Br)[nH]c(C(F)F)cc1=O. The highest BCUT2D eigenvalue weighted by Crippen LogP contribution is 2.18. The second-order valence-electron chi connectivity index (χ2n) is 2.33. The minimum atomic E-state index is -2.64.